The van der Waals surface area contributed by atoms with Crippen LogP contribution in [0.4, 0.5) is 0 Å². The highest BCUT2D eigenvalue weighted by Crippen LogP contribution is 2.48. The number of fused-ring (bicyclic) bond motifs is 12. The molecule has 1 fully saturated rings. The number of hydrogen-bond acceptors (Lipinski definition) is 4. The van der Waals surface area contributed by atoms with Crippen molar-refractivity contribution in [2.45, 2.75) is 37.5 Å². The molecule has 1 aliphatic rings. The summed E-state index contributed by atoms with van der Waals surface area (Å²) in [5.41, 5.74) is 12.7. The molecule has 5 nitrogen and oxygen atoms in total. The van der Waals surface area contributed by atoms with E-state index in [0.717, 1.165) is 46.0 Å². The largest absolute Gasteiger partial charge is 0.456 e. The maximum absolute atomic E-state index is 6.18. The van der Waals surface area contributed by atoms with E-state index >= 15 is 0 Å². The molecule has 0 bridgehead atoms. The van der Waals surface area contributed by atoms with Crippen molar-refractivity contribution in [1.82, 2.24) is 19.1 Å². The van der Waals surface area contributed by atoms with Crippen LogP contribution in [0.1, 0.15) is 43.2 Å². The van der Waals surface area contributed by atoms with Gasteiger partial charge in [0, 0.05) is 77.8 Å². The zero-order chi connectivity index (χ0) is 38.0. The average molecular weight is 765 g/mol. The Hall–Kier alpha value is -6.76. The number of benzene rings is 6. The lowest BCUT2D eigenvalue weighted by Gasteiger charge is -2.39. The summed E-state index contributed by atoms with van der Waals surface area (Å²) in [6.07, 6.45) is 11.6. The molecule has 6 heteroatoms. The van der Waals surface area contributed by atoms with Crippen LogP contribution in [0.2, 0.25) is 0 Å². The fourth-order valence-electron chi connectivity index (χ4n) is 10.5. The van der Waals surface area contributed by atoms with Crippen molar-refractivity contribution in [3.05, 3.63) is 169 Å². The van der Waals surface area contributed by atoms with Gasteiger partial charge in [0.1, 0.15) is 11.2 Å². The molecule has 0 aliphatic heterocycles. The van der Waals surface area contributed by atoms with Gasteiger partial charge < -0.3 is 13.6 Å². The topological polar surface area (TPSA) is 48.8 Å². The van der Waals surface area contributed by atoms with Gasteiger partial charge in [-0.15, -0.1) is 11.3 Å². The minimum absolute atomic E-state index is 0.0885. The molecule has 6 aromatic carbocycles. The van der Waals surface area contributed by atoms with Crippen LogP contribution >= 0.6 is 11.3 Å². The number of para-hydroxylation sites is 2. The number of nitrogens with zero attached hydrogens (tertiary/aromatic N) is 4. The maximum atomic E-state index is 6.18. The summed E-state index contributed by atoms with van der Waals surface area (Å²) in [5, 5.41) is 8.49. The minimum Gasteiger partial charge on any atom is -0.456 e. The lowest BCUT2D eigenvalue weighted by Crippen LogP contribution is -2.30. The summed E-state index contributed by atoms with van der Waals surface area (Å²) in [6, 6.07) is 52.1. The van der Waals surface area contributed by atoms with Gasteiger partial charge in [-0.05, 0) is 115 Å². The van der Waals surface area contributed by atoms with E-state index in [1.165, 1.54) is 94.5 Å². The van der Waals surface area contributed by atoms with Crippen molar-refractivity contribution in [2.75, 3.05) is 0 Å². The van der Waals surface area contributed by atoms with E-state index in [9.17, 15) is 0 Å². The van der Waals surface area contributed by atoms with Gasteiger partial charge >= 0.3 is 0 Å². The highest BCUT2D eigenvalue weighted by Gasteiger charge is 2.37. The first-order chi connectivity index (χ1) is 28.7. The highest BCUT2D eigenvalue weighted by atomic mass is 32.1. The Morgan fingerprint density at radius 2 is 1.12 bits per heavy atom. The molecular weight excluding hydrogens is 729 g/mol. The van der Waals surface area contributed by atoms with Crippen LogP contribution in [0.5, 0.6) is 0 Å². The van der Waals surface area contributed by atoms with Crippen LogP contribution < -0.4 is 0 Å². The molecule has 0 N–H and O–H groups in total. The van der Waals surface area contributed by atoms with Gasteiger partial charge in [-0.25, -0.2) is 0 Å². The minimum atomic E-state index is -0.0885. The SMILES string of the molecule is c1cnc2c(c1)sc1ccc(-n3c4ccccc4c4cc(C5(c6ccc7c(c6)c6ccccc6n7-c6ccc7oc8ccncc8c7c6)CCCCC5)ccc43)cc12. The third-order valence-corrected chi connectivity index (χ3v) is 14.3. The van der Waals surface area contributed by atoms with Crippen molar-refractivity contribution >= 4 is 97.2 Å². The summed E-state index contributed by atoms with van der Waals surface area (Å²) in [4.78, 5) is 9.19. The van der Waals surface area contributed by atoms with Crippen molar-refractivity contribution in [1.29, 1.82) is 0 Å². The average Bonchev–Trinajstić information content (AvgIpc) is 4.03. The maximum Gasteiger partial charge on any atom is 0.138 e. The number of rotatable bonds is 4. The molecule has 0 unspecified atom stereocenters. The lowest BCUT2D eigenvalue weighted by atomic mass is 9.65. The van der Waals surface area contributed by atoms with Gasteiger partial charge in [-0.1, -0.05) is 67.8 Å². The highest BCUT2D eigenvalue weighted by molar-refractivity contribution is 7.25. The summed E-state index contributed by atoms with van der Waals surface area (Å²) >= 11 is 1.81. The van der Waals surface area contributed by atoms with Crippen LogP contribution in [0.15, 0.2) is 163 Å². The van der Waals surface area contributed by atoms with Gasteiger partial charge in [0.25, 0.3) is 0 Å². The van der Waals surface area contributed by atoms with E-state index in [-0.39, 0.29) is 5.41 Å². The normalized spacial score (nSPS) is 14.7. The van der Waals surface area contributed by atoms with E-state index in [0.29, 0.717) is 0 Å². The van der Waals surface area contributed by atoms with Crippen molar-refractivity contribution in [3.8, 4) is 11.4 Å². The zero-order valence-electron chi connectivity index (χ0n) is 31.7. The molecule has 1 saturated carbocycles. The van der Waals surface area contributed by atoms with Crippen LogP contribution in [0, 0.1) is 0 Å². The first-order valence-electron chi connectivity index (χ1n) is 20.3. The Morgan fingerprint density at radius 1 is 0.483 bits per heavy atom. The molecule has 6 aromatic heterocycles. The third-order valence-electron chi connectivity index (χ3n) is 13.1. The van der Waals surface area contributed by atoms with E-state index in [1.807, 2.05) is 35.9 Å². The van der Waals surface area contributed by atoms with E-state index in [1.54, 1.807) is 6.20 Å². The number of pyridine rings is 2. The standard InChI is InChI=1S/C52H36N4OS/c1-6-23-52(24-7-1,32-14-18-45-38(27-32)36-9-2-4-11-43(36)55(45)34-16-20-47-40(29-34)42-31-53-26-22-48(42)57-47)33-15-19-46-39(28-33)37-10-3-5-12-44(37)56(46)35-17-21-49-41(30-35)51-50(58-49)13-8-25-54-51/h2-5,8-22,25-31H,1,6-7,23-24H2. The third kappa shape index (κ3) is 4.52. The molecule has 0 amide bonds. The van der Waals surface area contributed by atoms with Crippen LogP contribution in [-0.4, -0.2) is 19.1 Å². The molecule has 6 heterocycles. The van der Waals surface area contributed by atoms with Gasteiger partial charge in [-0.2, -0.15) is 0 Å². The second kappa shape index (κ2) is 12.1. The Kier molecular flexibility index (Phi) is 6.76. The van der Waals surface area contributed by atoms with Crippen molar-refractivity contribution in [3.63, 3.8) is 0 Å². The Labute approximate surface area is 337 Å². The predicted octanol–water partition coefficient (Wildman–Crippen LogP) is 14.2. The first kappa shape index (κ1) is 32.3. The Bertz CT molecular complexity index is 3400. The molecule has 0 saturated heterocycles. The van der Waals surface area contributed by atoms with Gasteiger partial charge in [0.05, 0.1) is 32.3 Å². The molecule has 0 radical (unpaired) electrons. The smallest absolute Gasteiger partial charge is 0.138 e. The molecular formula is C52H36N4OS. The summed E-state index contributed by atoms with van der Waals surface area (Å²) in [6.45, 7) is 0. The van der Waals surface area contributed by atoms with Crippen LogP contribution in [-0.2, 0) is 5.41 Å². The van der Waals surface area contributed by atoms with Crippen molar-refractivity contribution < 1.29 is 4.42 Å². The van der Waals surface area contributed by atoms with Gasteiger partial charge in [0.2, 0.25) is 0 Å². The van der Waals surface area contributed by atoms with E-state index in [4.69, 9.17) is 9.40 Å². The Morgan fingerprint density at radius 3 is 1.84 bits per heavy atom. The number of thiophene rings is 1. The number of hydrogen-bond donors (Lipinski definition) is 0. The number of furan rings is 1. The summed E-state index contributed by atoms with van der Waals surface area (Å²) in [7, 11) is 0. The molecule has 0 atom stereocenters. The fraction of sp³-hybridized carbons (Fsp3) is 0.115. The van der Waals surface area contributed by atoms with Crippen LogP contribution in [0.25, 0.3) is 97.2 Å². The first-order valence-corrected chi connectivity index (χ1v) is 21.2. The fourth-order valence-corrected chi connectivity index (χ4v) is 11.5. The van der Waals surface area contributed by atoms with Gasteiger partial charge in [-0.3, -0.25) is 9.97 Å². The number of aromatic nitrogens is 4. The second-order valence-corrected chi connectivity index (χ2v) is 17.2. The van der Waals surface area contributed by atoms with Crippen molar-refractivity contribution in [2.24, 2.45) is 0 Å². The zero-order valence-corrected chi connectivity index (χ0v) is 32.5. The molecule has 58 heavy (non-hydrogen) atoms. The van der Waals surface area contributed by atoms with E-state index in [2.05, 4.69) is 142 Å². The summed E-state index contributed by atoms with van der Waals surface area (Å²) < 4.78 is 13.6. The molecule has 0 spiro atoms. The second-order valence-electron chi connectivity index (χ2n) is 16.1. The Balaban J connectivity index is 0.992. The molecule has 13 rings (SSSR count). The molecule has 12 aromatic rings. The predicted molar refractivity (Wildman–Crippen MR) is 241 cm³/mol. The van der Waals surface area contributed by atoms with Crippen LogP contribution in [0.3, 0.4) is 0 Å². The van der Waals surface area contributed by atoms with Gasteiger partial charge in [0.15, 0.2) is 0 Å². The lowest BCUT2D eigenvalue weighted by molar-refractivity contribution is 0.346. The summed E-state index contributed by atoms with van der Waals surface area (Å²) in [5.74, 6) is 0. The molecule has 276 valence electrons. The quantitative estimate of drug-likeness (QED) is 0.179. The van der Waals surface area contributed by atoms with E-state index < -0.39 is 0 Å². The monoisotopic (exact) mass is 764 g/mol. The molecule has 1 aliphatic carbocycles.